The van der Waals surface area contributed by atoms with E-state index in [-0.39, 0.29) is 25.3 Å². The second kappa shape index (κ2) is 10.9. The van der Waals surface area contributed by atoms with Gasteiger partial charge in [-0.15, -0.1) is 0 Å². The fraction of sp³-hybridized carbons (Fsp3) is 0.318. The molecule has 2 aromatic rings. The summed E-state index contributed by atoms with van der Waals surface area (Å²) >= 11 is 0. The minimum Gasteiger partial charge on any atom is -0.481 e. The molecule has 1 amide bonds. The SMILES string of the molecule is O=C(O)CCNC(=O)C(Cc1ccccc1)C[C@@H](Cc1ccccc1)C(=O)O. The number of hydrogen-bond acceptors (Lipinski definition) is 3. The normalized spacial score (nSPS) is 12.7. The average molecular weight is 383 g/mol. The number of carboxylic acid groups (broad SMARTS) is 2. The fourth-order valence-electron chi connectivity index (χ4n) is 3.13. The van der Waals surface area contributed by atoms with E-state index in [0.29, 0.717) is 12.8 Å². The molecule has 0 heterocycles. The molecule has 6 heteroatoms. The van der Waals surface area contributed by atoms with Gasteiger partial charge < -0.3 is 15.5 Å². The Bertz CT molecular complexity index is 776. The highest BCUT2D eigenvalue weighted by Crippen LogP contribution is 2.22. The summed E-state index contributed by atoms with van der Waals surface area (Å²) in [6.45, 7) is 0.0237. The molecule has 0 aliphatic carbocycles. The van der Waals surface area contributed by atoms with Gasteiger partial charge in [0, 0.05) is 12.5 Å². The first kappa shape index (κ1) is 21.2. The zero-order chi connectivity index (χ0) is 20.4. The molecule has 0 radical (unpaired) electrons. The predicted octanol–water partition coefficient (Wildman–Crippen LogP) is 2.77. The van der Waals surface area contributed by atoms with Crippen molar-refractivity contribution in [1.82, 2.24) is 5.32 Å². The Hall–Kier alpha value is -3.15. The van der Waals surface area contributed by atoms with Gasteiger partial charge in [0.15, 0.2) is 0 Å². The van der Waals surface area contributed by atoms with E-state index in [1.807, 2.05) is 60.7 Å². The van der Waals surface area contributed by atoms with Crippen LogP contribution in [0.3, 0.4) is 0 Å². The second-order valence-electron chi connectivity index (χ2n) is 6.78. The molecule has 3 N–H and O–H groups in total. The highest BCUT2D eigenvalue weighted by Gasteiger charge is 2.27. The van der Waals surface area contributed by atoms with Crippen molar-refractivity contribution in [3.8, 4) is 0 Å². The molecule has 0 aliphatic heterocycles. The minimum absolute atomic E-state index is 0.0237. The maximum Gasteiger partial charge on any atom is 0.306 e. The number of carboxylic acids is 2. The van der Waals surface area contributed by atoms with Crippen LogP contribution in [0, 0.1) is 11.8 Å². The van der Waals surface area contributed by atoms with Crippen LogP contribution in [-0.2, 0) is 27.2 Å². The van der Waals surface area contributed by atoms with Gasteiger partial charge in [0.25, 0.3) is 0 Å². The largest absolute Gasteiger partial charge is 0.481 e. The van der Waals surface area contributed by atoms with Crippen LogP contribution < -0.4 is 5.32 Å². The highest BCUT2D eigenvalue weighted by atomic mass is 16.4. The van der Waals surface area contributed by atoms with E-state index in [1.54, 1.807) is 0 Å². The molecule has 148 valence electrons. The van der Waals surface area contributed by atoms with Crippen molar-refractivity contribution in [1.29, 1.82) is 0 Å². The molecule has 0 bridgehead atoms. The summed E-state index contributed by atoms with van der Waals surface area (Å²) in [7, 11) is 0. The van der Waals surface area contributed by atoms with E-state index in [4.69, 9.17) is 5.11 Å². The number of carbonyl (C=O) groups is 3. The summed E-state index contributed by atoms with van der Waals surface area (Å²) in [4.78, 5) is 35.1. The Balaban J connectivity index is 2.11. The van der Waals surface area contributed by atoms with Crippen molar-refractivity contribution in [2.24, 2.45) is 11.8 Å². The zero-order valence-corrected chi connectivity index (χ0v) is 15.6. The molecule has 2 rings (SSSR count). The summed E-state index contributed by atoms with van der Waals surface area (Å²) in [6.07, 6.45) is 0.746. The van der Waals surface area contributed by atoms with Crippen molar-refractivity contribution in [3.63, 3.8) is 0 Å². The van der Waals surface area contributed by atoms with E-state index >= 15 is 0 Å². The first-order valence-corrected chi connectivity index (χ1v) is 9.26. The maximum atomic E-state index is 12.6. The first-order valence-electron chi connectivity index (χ1n) is 9.26. The van der Waals surface area contributed by atoms with Gasteiger partial charge in [-0.25, -0.2) is 0 Å². The fourth-order valence-corrected chi connectivity index (χ4v) is 3.13. The smallest absolute Gasteiger partial charge is 0.306 e. The number of rotatable bonds is 11. The van der Waals surface area contributed by atoms with Crippen molar-refractivity contribution < 1.29 is 24.6 Å². The van der Waals surface area contributed by atoms with Gasteiger partial charge >= 0.3 is 11.9 Å². The molecule has 0 fully saturated rings. The molecule has 0 saturated heterocycles. The van der Waals surface area contributed by atoms with E-state index in [1.165, 1.54) is 0 Å². The Morgan fingerprint density at radius 1 is 0.786 bits per heavy atom. The molecule has 0 aromatic heterocycles. The van der Waals surface area contributed by atoms with E-state index in [0.717, 1.165) is 11.1 Å². The summed E-state index contributed by atoms with van der Waals surface area (Å²) < 4.78 is 0. The molecule has 2 atom stereocenters. The zero-order valence-electron chi connectivity index (χ0n) is 15.6. The lowest BCUT2D eigenvalue weighted by Gasteiger charge is -2.21. The van der Waals surface area contributed by atoms with Crippen LogP contribution in [0.4, 0.5) is 0 Å². The van der Waals surface area contributed by atoms with Crippen molar-refractivity contribution >= 4 is 17.8 Å². The topological polar surface area (TPSA) is 104 Å². The monoisotopic (exact) mass is 383 g/mol. The van der Waals surface area contributed by atoms with Crippen LogP contribution in [-0.4, -0.2) is 34.6 Å². The van der Waals surface area contributed by atoms with Gasteiger partial charge in [0.1, 0.15) is 0 Å². The molecule has 28 heavy (non-hydrogen) atoms. The average Bonchev–Trinajstić information content (AvgIpc) is 2.68. The summed E-state index contributed by atoms with van der Waals surface area (Å²) in [5, 5.41) is 21.1. The van der Waals surface area contributed by atoms with Crippen LogP contribution in [0.15, 0.2) is 60.7 Å². The van der Waals surface area contributed by atoms with Gasteiger partial charge in [-0.3, -0.25) is 14.4 Å². The van der Waals surface area contributed by atoms with Crippen LogP contribution in [0.1, 0.15) is 24.0 Å². The molecular formula is C22H25NO5. The number of amides is 1. The Kier molecular flexibility index (Phi) is 8.21. The number of aliphatic carboxylic acids is 2. The molecule has 1 unspecified atom stereocenters. The third-order valence-corrected chi connectivity index (χ3v) is 4.58. The van der Waals surface area contributed by atoms with E-state index < -0.39 is 23.8 Å². The molecular weight excluding hydrogens is 358 g/mol. The van der Waals surface area contributed by atoms with Gasteiger partial charge in [-0.05, 0) is 30.4 Å². The highest BCUT2D eigenvalue weighted by molar-refractivity contribution is 5.80. The first-order chi connectivity index (χ1) is 13.5. The lowest BCUT2D eigenvalue weighted by atomic mass is 9.85. The third kappa shape index (κ3) is 7.23. The molecule has 0 spiro atoms. The van der Waals surface area contributed by atoms with Crippen LogP contribution >= 0.6 is 0 Å². The van der Waals surface area contributed by atoms with E-state index in [9.17, 15) is 19.5 Å². The van der Waals surface area contributed by atoms with Crippen LogP contribution in [0.2, 0.25) is 0 Å². The maximum absolute atomic E-state index is 12.6. The van der Waals surface area contributed by atoms with Crippen LogP contribution in [0.25, 0.3) is 0 Å². The van der Waals surface area contributed by atoms with Crippen molar-refractivity contribution in [3.05, 3.63) is 71.8 Å². The molecule has 2 aromatic carbocycles. The third-order valence-electron chi connectivity index (χ3n) is 4.58. The Labute approximate surface area is 164 Å². The van der Waals surface area contributed by atoms with Crippen molar-refractivity contribution in [2.75, 3.05) is 6.54 Å². The Morgan fingerprint density at radius 2 is 1.29 bits per heavy atom. The standard InChI is InChI=1S/C22H25NO5/c24-20(25)11-12-23-21(26)18(13-16-7-3-1-4-8-16)15-19(22(27)28)14-17-9-5-2-6-10-17/h1-10,18-19H,11-15H2,(H,23,26)(H,24,25)(H,27,28)/t18?,19-/m1/s1. The molecule has 0 saturated carbocycles. The van der Waals surface area contributed by atoms with Gasteiger partial charge in [-0.1, -0.05) is 60.7 Å². The molecule has 0 aliphatic rings. The Morgan fingerprint density at radius 3 is 1.75 bits per heavy atom. The van der Waals surface area contributed by atoms with Crippen LogP contribution in [0.5, 0.6) is 0 Å². The molecule has 6 nitrogen and oxygen atoms in total. The number of hydrogen-bond donors (Lipinski definition) is 3. The lowest BCUT2D eigenvalue weighted by molar-refractivity contribution is -0.142. The van der Waals surface area contributed by atoms with E-state index in [2.05, 4.69) is 5.32 Å². The number of benzene rings is 2. The van der Waals surface area contributed by atoms with Gasteiger partial charge in [-0.2, -0.15) is 0 Å². The predicted molar refractivity (Wildman–Crippen MR) is 105 cm³/mol. The second-order valence-corrected chi connectivity index (χ2v) is 6.78. The van der Waals surface area contributed by atoms with Gasteiger partial charge in [0.2, 0.25) is 5.91 Å². The quantitative estimate of drug-likeness (QED) is 0.554. The lowest BCUT2D eigenvalue weighted by Crippen LogP contribution is -2.36. The summed E-state index contributed by atoms with van der Waals surface area (Å²) in [5.41, 5.74) is 1.84. The van der Waals surface area contributed by atoms with Crippen molar-refractivity contribution in [2.45, 2.75) is 25.7 Å². The minimum atomic E-state index is -0.993. The summed E-state index contributed by atoms with van der Waals surface area (Å²) in [6, 6.07) is 18.7. The summed E-state index contributed by atoms with van der Waals surface area (Å²) in [5.74, 6) is -3.51. The number of nitrogens with one attached hydrogen (secondary N) is 1. The van der Waals surface area contributed by atoms with Gasteiger partial charge in [0.05, 0.1) is 12.3 Å². The number of carbonyl (C=O) groups excluding carboxylic acids is 1.